The number of nitrogens with one attached hydrogen (secondary N) is 1. The van der Waals surface area contributed by atoms with Gasteiger partial charge in [0, 0.05) is 58.2 Å². The number of piperidine rings is 1. The van der Waals surface area contributed by atoms with Crippen molar-refractivity contribution in [3.05, 3.63) is 30.3 Å². The van der Waals surface area contributed by atoms with Crippen molar-refractivity contribution < 1.29 is 9.47 Å². The average molecular weight is 403 g/mol. The molecule has 0 aliphatic carbocycles. The molecule has 1 aromatic rings. The number of para-hydroxylation sites is 1. The molecule has 2 atom stereocenters. The van der Waals surface area contributed by atoms with Crippen molar-refractivity contribution in [2.75, 3.05) is 39.8 Å². The van der Waals surface area contributed by atoms with Gasteiger partial charge in [0.15, 0.2) is 5.96 Å². The largest absolute Gasteiger partial charge is 0.490 e. The fourth-order valence-electron chi connectivity index (χ4n) is 4.29. The highest BCUT2D eigenvalue weighted by atomic mass is 16.5. The Labute approximate surface area is 176 Å². The number of hydrogen-bond donors (Lipinski definition) is 1. The maximum atomic E-state index is 6.13. The zero-order valence-electron chi connectivity index (χ0n) is 18.7. The molecule has 0 aromatic heterocycles. The van der Waals surface area contributed by atoms with Crippen molar-refractivity contribution in [2.24, 2.45) is 4.99 Å². The molecule has 29 heavy (non-hydrogen) atoms. The van der Waals surface area contributed by atoms with Gasteiger partial charge in [0.05, 0.1) is 12.2 Å². The predicted molar refractivity (Wildman–Crippen MR) is 119 cm³/mol. The Balaban J connectivity index is 1.48. The van der Waals surface area contributed by atoms with Gasteiger partial charge in [-0.25, -0.2) is 0 Å². The highest BCUT2D eigenvalue weighted by molar-refractivity contribution is 5.80. The van der Waals surface area contributed by atoms with Crippen molar-refractivity contribution >= 4 is 5.96 Å². The van der Waals surface area contributed by atoms with Crippen molar-refractivity contribution in [1.82, 2.24) is 15.1 Å². The zero-order valence-corrected chi connectivity index (χ0v) is 18.7. The topological polar surface area (TPSA) is 49.3 Å². The van der Waals surface area contributed by atoms with Crippen molar-refractivity contribution in [3.8, 4) is 5.75 Å². The SMILES string of the molecule is CN=C(NCC(C)(C)N1CC(C)OC(C)C1)N1CCC(Oc2ccccc2)CC1. The molecule has 2 aliphatic rings. The van der Waals surface area contributed by atoms with Crippen LogP contribution >= 0.6 is 0 Å². The van der Waals surface area contributed by atoms with Crippen molar-refractivity contribution in [2.45, 2.75) is 64.4 Å². The molecule has 2 saturated heterocycles. The van der Waals surface area contributed by atoms with Gasteiger partial charge in [0.25, 0.3) is 0 Å². The molecule has 1 N–H and O–H groups in total. The summed E-state index contributed by atoms with van der Waals surface area (Å²) in [6, 6.07) is 10.1. The Bertz CT molecular complexity index is 646. The highest BCUT2D eigenvalue weighted by Crippen LogP contribution is 2.22. The summed E-state index contributed by atoms with van der Waals surface area (Å²) in [7, 11) is 1.88. The van der Waals surface area contributed by atoms with Gasteiger partial charge in [-0.1, -0.05) is 18.2 Å². The minimum absolute atomic E-state index is 0.0387. The van der Waals surface area contributed by atoms with Crippen molar-refractivity contribution in [1.29, 1.82) is 0 Å². The standard InChI is InChI=1S/C23H38N4O2/c1-18-15-27(16-19(2)28-18)23(3,4)17-25-22(24-5)26-13-11-21(12-14-26)29-20-9-7-6-8-10-20/h6-10,18-19,21H,11-17H2,1-5H3,(H,24,25). The summed E-state index contributed by atoms with van der Waals surface area (Å²) >= 11 is 0. The van der Waals surface area contributed by atoms with Gasteiger partial charge in [-0.2, -0.15) is 0 Å². The first-order chi connectivity index (χ1) is 13.9. The van der Waals surface area contributed by atoms with Crippen LogP contribution in [0.3, 0.4) is 0 Å². The van der Waals surface area contributed by atoms with Crippen LogP contribution in [-0.2, 0) is 4.74 Å². The van der Waals surface area contributed by atoms with Crippen molar-refractivity contribution in [3.63, 3.8) is 0 Å². The van der Waals surface area contributed by atoms with Crippen LogP contribution < -0.4 is 10.1 Å². The van der Waals surface area contributed by atoms with Gasteiger partial charge < -0.3 is 19.7 Å². The summed E-state index contributed by atoms with van der Waals surface area (Å²) in [6.45, 7) is 13.7. The fourth-order valence-corrected chi connectivity index (χ4v) is 4.29. The minimum atomic E-state index is 0.0387. The Morgan fingerprint density at radius 1 is 1.14 bits per heavy atom. The number of ether oxygens (including phenoxy) is 2. The van der Waals surface area contributed by atoms with E-state index in [0.717, 1.165) is 57.3 Å². The lowest BCUT2D eigenvalue weighted by Crippen LogP contribution is -2.60. The second kappa shape index (κ2) is 9.81. The van der Waals surface area contributed by atoms with E-state index in [2.05, 4.69) is 47.8 Å². The monoisotopic (exact) mass is 402 g/mol. The third-order valence-electron chi connectivity index (χ3n) is 5.95. The molecular formula is C23H38N4O2. The maximum Gasteiger partial charge on any atom is 0.193 e. The fraction of sp³-hybridized carbons (Fsp3) is 0.696. The molecule has 162 valence electrons. The van der Waals surface area contributed by atoms with E-state index in [-0.39, 0.29) is 23.9 Å². The summed E-state index contributed by atoms with van der Waals surface area (Å²) in [6.07, 6.45) is 2.86. The molecule has 6 nitrogen and oxygen atoms in total. The van der Waals surface area contributed by atoms with Gasteiger partial charge in [-0.3, -0.25) is 9.89 Å². The van der Waals surface area contributed by atoms with Crippen LogP contribution in [0.15, 0.2) is 35.3 Å². The number of morpholine rings is 1. The quantitative estimate of drug-likeness (QED) is 0.606. The number of rotatable bonds is 5. The summed E-state index contributed by atoms with van der Waals surface area (Å²) < 4.78 is 12.0. The first-order valence-corrected chi connectivity index (χ1v) is 10.9. The van der Waals surface area contributed by atoms with Crippen LogP contribution in [0.25, 0.3) is 0 Å². The van der Waals surface area contributed by atoms with Crippen LogP contribution in [-0.4, -0.2) is 79.4 Å². The number of benzene rings is 1. The second-order valence-corrected chi connectivity index (χ2v) is 8.99. The molecule has 0 spiro atoms. The van der Waals surface area contributed by atoms with E-state index in [0.29, 0.717) is 0 Å². The second-order valence-electron chi connectivity index (χ2n) is 8.99. The normalized spacial score (nSPS) is 25.1. The lowest BCUT2D eigenvalue weighted by atomic mass is 10.00. The summed E-state index contributed by atoms with van der Waals surface area (Å²) in [4.78, 5) is 9.43. The molecule has 0 saturated carbocycles. The number of guanidine groups is 1. The molecule has 2 heterocycles. The highest BCUT2D eigenvalue weighted by Gasteiger charge is 2.33. The van der Waals surface area contributed by atoms with E-state index >= 15 is 0 Å². The third-order valence-corrected chi connectivity index (χ3v) is 5.95. The van der Waals surface area contributed by atoms with Crippen LogP contribution in [0.1, 0.15) is 40.5 Å². The molecular weight excluding hydrogens is 364 g/mol. The summed E-state index contributed by atoms with van der Waals surface area (Å²) in [5.41, 5.74) is 0.0387. The molecule has 6 heteroatoms. The molecule has 0 amide bonds. The number of hydrogen-bond acceptors (Lipinski definition) is 4. The van der Waals surface area contributed by atoms with Gasteiger partial charge >= 0.3 is 0 Å². The molecule has 3 rings (SSSR count). The van der Waals surface area contributed by atoms with E-state index in [1.807, 2.05) is 37.4 Å². The van der Waals surface area contributed by atoms with Crippen LogP contribution in [0.2, 0.25) is 0 Å². The molecule has 0 bridgehead atoms. The molecule has 2 aliphatic heterocycles. The van der Waals surface area contributed by atoms with Crippen LogP contribution in [0.5, 0.6) is 5.75 Å². The number of aliphatic imine (C=N–C) groups is 1. The lowest BCUT2D eigenvalue weighted by molar-refractivity contribution is -0.0947. The molecule has 0 radical (unpaired) electrons. The summed E-state index contributed by atoms with van der Waals surface area (Å²) in [5.74, 6) is 1.95. The summed E-state index contributed by atoms with van der Waals surface area (Å²) in [5, 5.41) is 3.62. The smallest absolute Gasteiger partial charge is 0.193 e. The van der Waals surface area contributed by atoms with Gasteiger partial charge in [0.2, 0.25) is 0 Å². The van der Waals surface area contributed by atoms with E-state index < -0.39 is 0 Å². The number of likely N-dealkylation sites (tertiary alicyclic amines) is 1. The average Bonchev–Trinajstić information content (AvgIpc) is 2.69. The van der Waals surface area contributed by atoms with Crippen LogP contribution in [0.4, 0.5) is 0 Å². The van der Waals surface area contributed by atoms with E-state index in [1.54, 1.807) is 0 Å². The van der Waals surface area contributed by atoms with Gasteiger partial charge in [0.1, 0.15) is 11.9 Å². The zero-order chi connectivity index (χ0) is 20.9. The Morgan fingerprint density at radius 2 is 1.76 bits per heavy atom. The van der Waals surface area contributed by atoms with Gasteiger partial charge in [-0.05, 0) is 39.8 Å². The van der Waals surface area contributed by atoms with E-state index in [9.17, 15) is 0 Å². The molecule has 2 unspecified atom stereocenters. The Morgan fingerprint density at radius 3 is 2.34 bits per heavy atom. The molecule has 1 aromatic carbocycles. The van der Waals surface area contributed by atoms with E-state index in [1.165, 1.54) is 0 Å². The van der Waals surface area contributed by atoms with Crippen LogP contribution in [0, 0.1) is 0 Å². The molecule has 2 fully saturated rings. The predicted octanol–water partition coefficient (Wildman–Crippen LogP) is 2.99. The first-order valence-electron chi connectivity index (χ1n) is 10.9. The first kappa shape index (κ1) is 21.9. The minimum Gasteiger partial charge on any atom is -0.490 e. The third kappa shape index (κ3) is 6.09. The van der Waals surface area contributed by atoms with E-state index in [4.69, 9.17) is 9.47 Å². The Kier molecular flexibility index (Phi) is 7.41. The van der Waals surface area contributed by atoms with Gasteiger partial charge in [-0.15, -0.1) is 0 Å². The lowest BCUT2D eigenvalue weighted by Gasteiger charge is -2.45. The number of nitrogens with zero attached hydrogens (tertiary/aromatic N) is 3. The maximum absolute atomic E-state index is 6.13. The Hall–Kier alpha value is -1.79.